The van der Waals surface area contributed by atoms with Crippen LogP contribution in [0.15, 0.2) is 24.5 Å². The second-order valence-electron chi connectivity index (χ2n) is 6.96. The third kappa shape index (κ3) is 4.60. The lowest BCUT2D eigenvalue weighted by molar-refractivity contribution is -0.140. The monoisotopic (exact) mass is 380 g/mol. The van der Waals surface area contributed by atoms with E-state index in [0.717, 1.165) is 32.1 Å². The van der Waals surface area contributed by atoms with Crippen LogP contribution in [0.5, 0.6) is 0 Å². The van der Waals surface area contributed by atoms with Gasteiger partial charge in [0.2, 0.25) is 0 Å². The van der Waals surface area contributed by atoms with Crippen LogP contribution >= 0.6 is 0 Å². The maximum absolute atomic E-state index is 12.8. The zero-order chi connectivity index (χ0) is 18.6. The van der Waals surface area contributed by atoms with Gasteiger partial charge in [-0.05, 0) is 31.4 Å². The highest BCUT2D eigenvalue weighted by Crippen LogP contribution is 2.28. The fourth-order valence-corrected chi connectivity index (χ4v) is 5.54. The molecule has 1 aliphatic carbocycles. The maximum Gasteiger partial charge on any atom is 0.338 e. The Morgan fingerprint density at radius 3 is 2.38 bits per heavy atom. The summed E-state index contributed by atoms with van der Waals surface area (Å²) in [6.07, 6.45) is 8.38. The fraction of sp³-hybridized carbons (Fsp3) is 0.611. The summed E-state index contributed by atoms with van der Waals surface area (Å²) in [5.74, 6) is -0.761. The van der Waals surface area contributed by atoms with Gasteiger partial charge in [-0.1, -0.05) is 19.3 Å². The summed E-state index contributed by atoms with van der Waals surface area (Å²) in [5.41, 5.74) is 0.334. The molecule has 1 saturated heterocycles. The van der Waals surface area contributed by atoms with Crippen molar-refractivity contribution in [1.29, 1.82) is 0 Å². The van der Waals surface area contributed by atoms with Gasteiger partial charge in [0.25, 0.3) is 5.91 Å². The molecular weight excluding hydrogens is 356 g/mol. The largest absolute Gasteiger partial charge is 0.452 e. The quantitative estimate of drug-likeness (QED) is 0.720. The van der Waals surface area contributed by atoms with Crippen molar-refractivity contribution in [2.45, 2.75) is 50.6 Å². The number of esters is 1. The van der Waals surface area contributed by atoms with Crippen molar-refractivity contribution in [3.63, 3.8) is 0 Å². The number of pyridine rings is 1. The van der Waals surface area contributed by atoms with Crippen molar-refractivity contribution < 1.29 is 22.7 Å². The first kappa shape index (κ1) is 18.8. The molecule has 3 rings (SSSR count). The molecule has 8 heteroatoms. The molecule has 142 valence electrons. The van der Waals surface area contributed by atoms with Gasteiger partial charge in [0.15, 0.2) is 16.4 Å². The average Bonchev–Trinajstić information content (AvgIpc) is 3.01. The van der Waals surface area contributed by atoms with Gasteiger partial charge in [-0.2, -0.15) is 0 Å². The Bertz CT molecular complexity index is 744. The zero-order valence-electron chi connectivity index (χ0n) is 14.7. The van der Waals surface area contributed by atoms with Gasteiger partial charge in [-0.3, -0.25) is 9.78 Å². The highest BCUT2D eigenvalue weighted by Gasteiger charge is 2.38. The molecule has 1 atom stereocenters. The maximum atomic E-state index is 12.8. The topological polar surface area (TPSA) is 93.6 Å². The summed E-state index contributed by atoms with van der Waals surface area (Å²) < 4.78 is 28.9. The molecule has 0 unspecified atom stereocenters. The molecule has 2 heterocycles. The van der Waals surface area contributed by atoms with E-state index in [4.69, 9.17) is 4.74 Å². The van der Waals surface area contributed by atoms with Gasteiger partial charge in [0.05, 0.1) is 17.1 Å². The van der Waals surface area contributed by atoms with Crippen molar-refractivity contribution in [2.24, 2.45) is 0 Å². The Morgan fingerprint density at radius 1 is 1.08 bits per heavy atom. The molecular formula is C18H24N2O5S. The number of rotatable bonds is 5. The van der Waals surface area contributed by atoms with Crippen LogP contribution < -0.4 is 0 Å². The van der Waals surface area contributed by atoms with E-state index < -0.39 is 15.8 Å². The van der Waals surface area contributed by atoms with Crippen LogP contribution in [-0.2, 0) is 19.4 Å². The summed E-state index contributed by atoms with van der Waals surface area (Å²) in [6, 6.07) is 2.77. The van der Waals surface area contributed by atoms with Gasteiger partial charge in [-0.25, -0.2) is 13.2 Å². The minimum atomic E-state index is -3.10. The summed E-state index contributed by atoms with van der Waals surface area (Å²) in [6.45, 7) is -0.367. The van der Waals surface area contributed by atoms with E-state index >= 15 is 0 Å². The number of hydrogen-bond acceptors (Lipinski definition) is 6. The number of ether oxygens (including phenoxy) is 1. The second-order valence-corrected chi connectivity index (χ2v) is 9.19. The number of amides is 1. The van der Waals surface area contributed by atoms with Crippen LogP contribution in [0.2, 0.25) is 0 Å². The van der Waals surface area contributed by atoms with E-state index in [1.54, 1.807) is 4.90 Å². The molecule has 1 aromatic heterocycles. The molecule has 7 nitrogen and oxygen atoms in total. The SMILES string of the molecule is O=C(OCC(=O)N(C1CCCCC1)[C@H]1CCS(=O)(=O)C1)c1ccncc1. The van der Waals surface area contributed by atoms with Crippen LogP contribution in [0.3, 0.4) is 0 Å². The Morgan fingerprint density at radius 2 is 1.77 bits per heavy atom. The van der Waals surface area contributed by atoms with Gasteiger partial charge in [-0.15, -0.1) is 0 Å². The smallest absolute Gasteiger partial charge is 0.338 e. The molecule has 0 aromatic carbocycles. The number of hydrogen-bond donors (Lipinski definition) is 0. The molecule has 1 aromatic rings. The molecule has 2 fully saturated rings. The number of nitrogens with zero attached hydrogens (tertiary/aromatic N) is 2. The second kappa shape index (κ2) is 8.16. The number of carbonyl (C=O) groups excluding carboxylic acids is 2. The highest BCUT2D eigenvalue weighted by atomic mass is 32.2. The molecule has 26 heavy (non-hydrogen) atoms. The first-order valence-corrected chi connectivity index (χ1v) is 10.9. The summed E-state index contributed by atoms with van der Waals surface area (Å²) in [5, 5.41) is 0. The van der Waals surface area contributed by atoms with E-state index in [0.29, 0.717) is 12.0 Å². The van der Waals surface area contributed by atoms with Crippen LogP contribution in [0.4, 0.5) is 0 Å². The zero-order valence-corrected chi connectivity index (χ0v) is 15.5. The van der Waals surface area contributed by atoms with Crippen LogP contribution in [0.1, 0.15) is 48.9 Å². The molecule has 1 aliphatic heterocycles. The van der Waals surface area contributed by atoms with Crippen LogP contribution in [0.25, 0.3) is 0 Å². The molecule has 0 bridgehead atoms. The first-order chi connectivity index (χ1) is 12.5. The van der Waals surface area contributed by atoms with E-state index in [1.807, 2.05) is 0 Å². The molecule has 2 aliphatic rings. The van der Waals surface area contributed by atoms with Gasteiger partial charge in [0, 0.05) is 24.5 Å². The van der Waals surface area contributed by atoms with Gasteiger partial charge >= 0.3 is 5.97 Å². The van der Waals surface area contributed by atoms with E-state index in [2.05, 4.69) is 4.98 Å². The Kier molecular flexibility index (Phi) is 5.90. The van der Waals surface area contributed by atoms with Crippen molar-refractivity contribution in [2.75, 3.05) is 18.1 Å². The van der Waals surface area contributed by atoms with Gasteiger partial charge < -0.3 is 9.64 Å². The highest BCUT2D eigenvalue weighted by molar-refractivity contribution is 7.91. The summed E-state index contributed by atoms with van der Waals surface area (Å²) in [4.78, 5) is 30.4. The fourth-order valence-electron chi connectivity index (χ4n) is 3.83. The third-order valence-electron chi connectivity index (χ3n) is 5.10. The Hall–Kier alpha value is -1.96. The molecule has 0 radical (unpaired) electrons. The standard InChI is InChI=1S/C18H24N2O5S/c21-17(12-25-18(22)14-6-9-19-10-7-14)20(15-4-2-1-3-5-15)16-8-11-26(23,24)13-16/h6-7,9-10,15-16H,1-5,8,11-13H2/t16-/m0/s1. The third-order valence-corrected chi connectivity index (χ3v) is 6.85. The molecule has 0 spiro atoms. The lowest BCUT2D eigenvalue weighted by Gasteiger charge is -2.38. The molecule has 0 N–H and O–H groups in total. The van der Waals surface area contributed by atoms with Gasteiger partial charge in [0.1, 0.15) is 0 Å². The van der Waals surface area contributed by atoms with Crippen molar-refractivity contribution in [3.8, 4) is 0 Å². The first-order valence-electron chi connectivity index (χ1n) is 9.05. The van der Waals surface area contributed by atoms with Crippen LogP contribution in [-0.4, -0.2) is 60.4 Å². The van der Waals surface area contributed by atoms with Crippen LogP contribution in [0, 0.1) is 0 Å². The Balaban J connectivity index is 1.67. The number of sulfone groups is 1. The Labute approximate surface area is 153 Å². The minimum Gasteiger partial charge on any atom is -0.452 e. The average molecular weight is 380 g/mol. The van der Waals surface area contributed by atoms with E-state index in [9.17, 15) is 18.0 Å². The predicted octanol–water partition coefficient (Wildman–Crippen LogP) is 1.59. The van der Waals surface area contributed by atoms with Crippen molar-refractivity contribution in [3.05, 3.63) is 30.1 Å². The van der Waals surface area contributed by atoms with E-state index in [1.165, 1.54) is 24.5 Å². The number of aromatic nitrogens is 1. The number of carbonyl (C=O) groups is 2. The molecule has 1 amide bonds. The normalized spacial score (nSPS) is 22.7. The summed E-state index contributed by atoms with van der Waals surface area (Å²) in [7, 11) is -3.10. The lowest BCUT2D eigenvalue weighted by atomic mass is 9.93. The molecule has 1 saturated carbocycles. The van der Waals surface area contributed by atoms with E-state index in [-0.39, 0.29) is 36.1 Å². The minimum absolute atomic E-state index is 0.00748. The van der Waals surface area contributed by atoms with Crippen molar-refractivity contribution >= 4 is 21.7 Å². The predicted molar refractivity (Wildman–Crippen MR) is 95.3 cm³/mol. The van der Waals surface area contributed by atoms with Crippen molar-refractivity contribution in [1.82, 2.24) is 9.88 Å². The lowest BCUT2D eigenvalue weighted by Crippen LogP contribution is -2.50. The summed E-state index contributed by atoms with van der Waals surface area (Å²) >= 11 is 0.